The first-order chi connectivity index (χ1) is 21.9. The number of carbonyl (C=O) groups excluding carboxylic acids is 2. The lowest BCUT2D eigenvalue weighted by molar-refractivity contribution is -0.274. The molecule has 3 amide bonds. The summed E-state index contributed by atoms with van der Waals surface area (Å²) in [5, 5.41) is 7.47. The maximum atomic E-state index is 12.8. The van der Waals surface area contributed by atoms with Gasteiger partial charge in [0.2, 0.25) is 5.91 Å². The molecule has 1 fully saturated rings. The quantitative estimate of drug-likeness (QED) is 0.230. The van der Waals surface area contributed by atoms with Crippen LogP contribution in [0.2, 0.25) is 0 Å². The number of ether oxygens (including phenoxy) is 1. The van der Waals surface area contributed by atoms with Gasteiger partial charge in [-0.3, -0.25) is 9.69 Å². The average Bonchev–Trinajstić information content (AvgIpc) is 3.63. The van der Waals surface area contributed by atoms with E-state index in [1.54, 1.807) is 31.2 Å². The van der Waals surface area contributed by atoms with Gasteiger partial charge in [0.1, 0.15) is 12.1 Å². The number of aryl methyl sites for hydroxylation is 1. The number of rotatable bonds is 6. The molecule has 1 N–H and O–H groups in total. The van der Waals surface area contributed by atoms with Crippen LogP contribution in [-0.4, -0.2) is 50.0 Å². The third-order valence-corrected chi connectivity index (χ3v) is 7.68. The van der Waals surface area contributed by atoms with Crippen LogP contribution in [0.1, 0.15) is 43.4 Å². The van der Waals surface area contributed by atoms with Crippen LogP contribution in [0.15, 0.2) is 78.0 Å². The van der Waals surface area contributed by atoms with E-state index in [1.165, 1.54) is 51.9 Å². The van der Waals surface area contributed by atoms with Crippen molar-refractivity contribution in [1.82, 2.24) is 20.1 Å². The lowest BCUT2D eigenvalue weighted by atomic mass is 9.99. The number of urea groups is 1. The number of alkyl halides is 3. The summed E-state index contributed by atoms with van der Waals surface area (Å²) in [5.74, 6) is 6.35. The molecule has 46 heavy (non-hydrogen) atoms. The van der Waals surface area contributed by atoms with Gasteiger partial charge < -0.3 is 10.1 Å². The largest absolute Gasteiger partial charge is 0.573 e. The van der Waals surface area contributed by atoms with E-state index in [2.05, 4.69) is 50.8 Å². The minimum Gasteiger partial charge on any atom is -0.406 e. The Hall–Kier alpha value is -5.09. The molecule has 5 rings (SSSR count). The van der Waals surface area contributed by atoms with Crippen LogP contribution < -0.4 is 15.0 Å². The summed E-state index contributed by atoms with van der Waals surface area (Å²) in [5.41, 5.74) is 4.65. The highest BCUT2D eigenvalue weighted by atomic mass is 32.2. The van der Waals surface area contributed by atoms with Crippen molar-refractivity contribution in [1.29, 1.82) is 0 Å². The number of hydrogen-bond donors (Lipinski definition) is 1. The van der Waals surface area contributed by atoms with Gasteiger partial charge in [0.05, 0.1) is 23.2 Å². The molecule has 1 unspecified atom stereocenters. The summed E-state index contributed by atoms with van der Waals surface area (Å²) < 4.78 is 42.6. The van der Waals surface area contributed by atoms with Gasteiger partial charge in [0, 0.05) is 11.1 Å². The zero-order valence-corrected chi connectivity index (χ0v) is 26.1. The molecule has 236 valence electrons. The molecule has 0 radical (unpaired) electrons. The summed E-state index contributed by atoms with van der Waals surface area (Å²) in [6.45, 7) is 7.79. The van der Waals surface area contributed by atoms with E-state index < -0.39 is 18.4 Å². The van der Waals surface area contributed by atoms with Gasteiger partial charge in [-0.1, -0.05) is 49.6 Å². The normalized spacial score (nSPS) is 14.7. The third-order valence-electron chi connectivity index (χ3n) is 6.75. The van der Waals surface area contributed by atoms with Gasteiger partial charge in [-0.2, -0.15) is 4.99 Å². The number of carbonyl (C=O) groups is 2. The van der Waals surface area contributed by atoms with Crippen molar-refractivity contribution in [3.63, 3.8) is 0 Å². The molecular formula is C33H29F3N6O3S. The monoisotopic (exact) mass is 646 g/mol. The zero-order valence-electron chi connectivity index (χ0n) is 25.3. The smallest absolute Gasteiger partial charge is 0.406 e. The van der Waals surface area contributed by atoms with E-state index >= 15 is 0 Å². The third kappa shape index (κ3) is 7.94. The second kappa shape index (κ2) is 13.5. The van der Waals surface area contributed by atoms with E-state index in [1.807, 2.05) is 25.1 Å². The van der Waals surface area contributed by atoms with Crippen LogP contribution in [0.25, 0.3) is 17.1 Å². The molecule has 9 nitrogen and oxygen atoms in total. The molecule has 0 spiro atoms. The molecule has 0 bridgehead atoms. The highest BCUT2D eigenvalue weighted by Crippen LogP contribution is 2.34. The highest BCUT2D eigenvalue weighted by Gasteiger charge is 2.33. The molecule has 2 heterocycles. The molecule has 1 aromatic heterocycles. The summed E-state index contributed by atoms with van der Waals surface area (Å²) >= 11 is 1.22. The molecule has 0 saturated carbocycles. The molecule has 1 aliphatic heterocycles. The highest BCUT2D eigenvalue weighted by molar-refractivity contribution is 8.15. The van der Waals surface area contributed by atoms with E-state index in [9.17, 15) is 22.8 Å². The van der Waals surface area contributed by atoms with E-state index in [-0.39, 0.29) is 23.3 Å². The minimum absolute atomic E-state index is 0.129. The minimum atomic E-state index is -4.76. The number of benzene rings is 3. The summed E-state index contributed by atoms with van der Waals surface area (Å²) in [6.07, 6.45) is -3.31. The van der Waals surface area contributed by atoms with Crippen molar-refractivity contribution >= 4 is 34.6 Å². The average molecular weight is 647 g/mol. The van der Waals surface area contributed by atoms with Gasteiger partial charge in [0.25, 0.3) is 0 Å². The number of halogens is 3. The predicted octanol–water partition coefficient (Wildman–Crippen LogP) is 6.85. The summed E-state index contributed by atoms with van der Waals surface area (Å²) in [6, 6.07) is 17.3. The van der Waals surface area contributed by atoms with Crippen molar-refractivity contribution < 1.29 is 27.5 Å². The number of thioether (sulfide) groups is 1. The Kier molecular flexibility index (Phi) is 9.48. The van der Waals surface area contributed by atoms with Gasteiger partial charge in [-0.25, -0.2) is 14.5 Å². The Labute approximate surface area is 267 Å². The first-order valence-electron chi connectivity index (χ1n) is 14.2. The van der Waals surface area contributed by atoms with Crippen molar-refractivity contribution in [2.45, 2.75) is 46.0 Å². The van der Waals surface area contributed by atoms with Crippen LogP contribution in [0.5, 0.6) is 5.75 Å². The number of amides is 3. The molecule has 13 heteroatoms. The van der Waals surface area contributed by atoms with Gasteiger partial charge in [-0.05, 0) is 85.5 Å². The molecule has 1 saturated heterocycles. The number of aromatic nitrogens is 3. The molecule has 4 aromatic rings. The fourth-order valence-electron chi connectivity index (χ4n) is 4.57. The van der Waals surface area contributed by atoms with Crippen LogP contribution in [-0.2, 0) is 4.79 Å². The van der Waals surface area contributed by atoms with E-state index in [0.717, 1.165) is 16.8 Å². The van der Waals surface area contributed by atoms with Crippen molar-refractivity contribution in [3.05, 3.63) is 89.7 Å². The standard InChI is InChI=1S/C33H29F3N6O3S/c1-20(2)27-16-5-21(3)17-28(27)42-29(43)18-46-32(42)39-31(44)38-22(4)6-7-23-8-10-24(11-9-23)30-37-19-41(40-30)25-12-14-26(15-13-25)45-33(34,35)36/h5,8-17,19-20,22H,18H2,1-4H3,(H,38,44)/b39-32-. The lowest BCUT2D eigenvalue weighted by Crippen LogP contribution is -2.34. The van der Waals surface area contributed by atoms with Gasteiger partial charge in [0.15, 0.2) is 11.0 Å². The summed E-state index contributed by atoms with van der Waals surface area (Å²) in [7, 11) is 0. The molecule has 3 aromatic carbocycles. The van der Waals surface area contributed by atoms with Crippen molar-refractivity contribution in [2.75, 3.05) is 10.7 Å². The van der Waals surface area contributed by atoms with Crippen LogP contribution >= 0.6 is 11.8 Å². The maximum absolute atomic E-state index is 12.8. The number of nitrogens with one attached hydrogen (secondary N) is 1. The molecule has 0 aliphatic carbocycles. The second-order valence-corrected chi connectivity index (χ2v) is 11.6. The van der Waals surface area contributed by atoms with Crippen LogP contribution in [0.4, 0.5) is 23.7 Å². The van der Waals surface area contributed by atoms with E-state index in [0.29, 0.717) is 27.8 Å². The Morgan fingerprint density at radius 2 is 1.78 bits per heavy atom. The fraction of sp³-hybridized carbons (Fsp3) is 0.242. The van der Waals surface area contributed by atoms with Crippen LogP contribution in [0.3, 0.4) is 0 Å². The number of amidine groups is 1. The zero-order chi connectivity index (χ0) is 33.0. The van der Waals surface area contributed by atoms with Gasteiger partial charge in [-0.15, -0.1) is 18.3 Å². The Morgan fingerprint density at radius 1 is 1.07 bits per heavy atom. The number of nitrogens with zero attached hydrogens (tertiary/aromatic N) is 5. The van der Waals surface area contributed by atoms with Gasteiger partial charge >= 0.3 is 12.4 Å². The number of anilines is 1. The second-order valence-electron chi connectivity index (χ2n) is 10.7. The van der Waals surface area contributed by atoms with Crippen LogP contribution in [0, 0.1) is 18.8 Å². The van der Waals surface area contributed by atoms with E-state index in [4.69, 9.17) is 0 Å². The summed E-state index contributed by atoms with van der Waals surface area (Å²) in [4.78, 5) is 35.6. The number of hydrogen-bond acceptors (Lipinski definition) is 6. The fourth-order valence-corrected chi connectivity index (χ4v) is 5.43. The van der Waals surface area contributed by atoms with Crippen molar-refractivity contribution in [3.8, 4) is 34.7 Å². The Bertz CT molecular complexity index is 1840. The lowest BCUT2D eigenvalue weighted by Gasteiger charge is -2.22. The predicted molar refractivity (Wildman–Crippen MR) is 171 cm³/mol. The SMILES string of the molecule is Cc1ccc(C(C)C)c(N2C(=O)CS/C2=N\C(=O)NC(C)C#Cc2ccc(-c3ncn(-c4ccc(OC(F)(F)F)cc4)n3)cc2)c1. The molecular weight excluding hydrogens is 617 g/mol. The Balaban J connectivity index is 1.21. The molecule has 1 atom stereocenters. The first-order valence-corrected chi connectivity index (χ1v) is 15.2. The van der Waals surface area contributed by atoms with Crippen molar-refractivity contribution in [2.24, 2.45) is 4.99 Å². The number of aliphatic imine (C=N–C) groups is 1. The first kappa shape index (κ1) is 32.3. The maximum Gasteiger partial charge on any atom is 0.573 e. The molecule has 1 aliphatic rings. The topological polar surface area (TPSA) is 102 Å². The Morgan fingerprint density at radius 3 is 2.46 bits per heavy atom.